The smallest absolute Gasteiger partial charge is 0.413 e. The number of nitrogens with zero attached hydrogens (tertiary/aromatic N) is 2. The molecule has 1 aromatic heterocycles. The van der Waals surface area contributed by atoms with Crippen LogP contribution in [0.15, 0.2) is 35.7 Å². The van der Waals surface area contributed by atoms with E-state index < -0.39 is 11.7 Å². The van der Waals surface area contributed by atoms with Crippen molar-refractivity contribution >= 4 is 28.5 Å². The number of ether oxygens (including phenoxy) is 1. The molecule has 29 heavy (non-hydrogen) atoms. The molecule has 0 aliphatic carbocycles. The first-order valence-corrected chi connectivity index (χ1v) is 10.7. The minimum absolute atomic E-state index is 0.137. The van der Waals surface area contributed by atoms with Crippen LogP contribution in [0.5, 0.6) is 0 Å². The van der Waals surface area contributed by atoms with Crippen molar-refractivity contribution < 1.29 is 14.3 Å². The van der Waals surface area contributed by atoms with Crippen molar-refractivity contribution in [3.63, 3.8) is 0 Å². The molecular formula is C21H28N4O3S. The first-order valence-electron chi connectivity index (χ1n) is 9.81. The normalized spacial score (nSPS) is 15.7. The van der Waals surface area contributed by atoms with E-state index in [1.807, 2.05) is 6.07 Å². The predicted molar refractivity (Wildman–Crippen MR) is 114 cm³/mol. The highest BCUT2D eigenvalue weighted by Crippen LogP contribution is 2.18. The van der Waals surface area contributed by atoms with E-state index in [0.717, 1.165) is 32.5 Å². The largest absolute Gasteiger partial charge is 0.444 e. The quantitative estimate of drug-likeness (QED) is 0.773. The van der Waals surface area contributed by atoms with E-state index in [9.17, 15) is 9.59 Å². The van der Waals surface area contributed by atoms with Gasteiger partial charge in [-0.15, -0.1) is 11.3 Å². The van der Waals surface area contributed by atoms with Crippen molar-refractivity contribution in [2.45, 2.75) is 51.8 Å². The van der Waals surface area contributed by atoms with Crippen molar-refractivity contribution in [3.8, 4) is 0 Å². The van der Waals surface area contributed by atoms with Crippen LogP contribution in [0, 0.1) is 0 Å². The minimum atomic E-state index is -0.586. The van der Waals surface area contributed by atoms with Crippen LogP contribution in [-0.2, 0) is 11.3 Å². The third-order valence-electron chi connectivity index (χ3n) is 4.52. The number of rotatable bonds is 5. The second kappa shape index (κ2) is 9.37. The van der Waals surface area contributed by atoms with Crippen LogP contribution in [0.25, 0.3) is 0 Å². The summed E-state index contributed by atoms with van der Waals surface area (Å²) in [7, 11) is 0. The molecule has 1 fully saturated rings. The summed E-state index contributed by atoms with van der Waals surface area (Å²) in [4.78, 5) is 30.9. The first-order chi connectivity index (χ1) is 13.8. The van der Waals surface area contributed by atoms with Crippen LogP contribution in [0.4, 0.5) is 9.93 Å². The molecule has 0 saturated carbocycles. The van der Waals surface area contributed by atoms with Crippen molar-refractivity contribution in [1.29, 1.82) is 0 Å². The number of piperidine rings is 1. The number of aromatic nitrogens is 1. The highest BCUT2D eigenvalue weighted by atomic mass is 32.1. The molecule has 1 aliphatic heterocycles. The molecule has 0 bridgehead atoms. The lowest BCUT2D eigenvalue weighted by molar-refractivity contribution is 0.0635. The number of hydrogen-bond donors (Lipinski definition) is 2. The lowest BCUT2D eigenvalue weighted by Crippen LogP contribution is -2.44. The Balaban J connectivity index is 1.44. The second-order valence-corrected chi connectivity index (χ2v) is 9.03. The summed E-state index contributed by atoms with van der Waals surface area (Å²) in [5.74, 6) is -0.208. The van der Waals surface area contributed by atoms with Crippen LogP contribution in [-0.4, -0.2) is 46.6 Å². The zero-order valence-electron chi connectivity index (χ0n) is 17.1. The summed E-state index contributed by atoms with van der Waals surface area (Å²) in [6, 6.07) is 10.6. The Morgan fingerprint density at radius 3 is 2.55 bits per heavy atom. The lowest BCUT2D eigenvalue weighted by Gasteiger charge is -2.32. The molecule has 0 unspecified atom stereocenters. The second-order valence-electron chi connectivity index (χ2n) is 8.17. The third kappa shape index (κ3) is 6.83. The van der Waals surface area contributed by atoms with Crippen LogP contribution < -0.4 is 10.6 Å². The molecule has 0 radical (unpaired) electrons. The number of benzene rings is 1. The number of nitrogens with one attached hydrogen (secondary N) is 2. The van der Waals surface area contributed by atoms with Gasteiger partial charge in [-0.2, -0.15) is 0 Å². The molecule has 2 amide bonds. The number of thiazole rings is 1. The highest BCUT2D eigenvalue weighted by Gasteiger charge is 2.23. The van der Waals surface area contributed by atoms with Gasteiger partial charge in [0.1, 0.15) is 11.3 Å². The van der Waals surface area contributed by atoms with Gasteiger partial charge in [0, 0.05) is 31.1 Å². The molecule has 0 spiro atoms. The van der Waals surface area contributed by atoms with Gasteiger partial charge in [-0.3, -0.25) is 15.0 Å². The number of hydrogen-bond acceptors (Lipinski definition) is 6. The van der Waals surface area contributed by atoms with Crippen molar-refractivity contribution in [2.75, 3.05) is 18.4 Å². The van der Waals surface area contributed by atoms with E-state index in [2.05, 4.69) is 44.8 Å². The summed E-state index contributed by atoms with van der Waals surface area (Å²) in [6.07, 6.45) is 1.24. The maximum absolute atomic E-state index is 12.5. The molecule has 2 aromatic rings. The van der Waals surface area contributed by atoms with E-state index in [1.54, 1.807) is 26.2 Å². The van der Waals surface area contributed by atoms with Gasteiger partial charge in [0.05, 0.1) is 0 Å². The molecule has 156 valence electrons. The SMILES string of the molecule is CC(C)(C)OC(=O)Nc1nc(C(=O)NC2CCN(Cc3ccccc3)CC2)cs1. The lowest BCUT2D eigenvalue weighted by atomic mass is 10.0. The standard InChI is InChI=1S/C21H28N4O3S/c1-21(2,3)28-20(27)24-19-23-17(14-29-19)18(26)22-16-9-11-25(12-10-16)13-15-7-5-4-6-8-15/h4-8,14,16H,9-13H2,1-3H3,(H,22,26)(H,23,24,27). The number of amides is 2. The van der Waals surface area contributed by atoms with Gasteiger partial charge < -0.3 is 10.1 Å². The fourth-order valence-electron chi connectivity index (χ4n) is 3.16. The van der Waals surface area contributed by atoms with Crippen molar-refractivity contribution in [2.24, 2.45) is 0 Å². The average molecular weight is 417 g/mol. The van der Waals surface area contributed by atoms with E-state index in [4.69, 9.17) is 4.74 Å². The van der Waals surface area contributed by atoms with E-state index in [-0.39, 0.29) is 11.9 Å². The zero-order valence-corrected chi connectivity index (χ0v) is 17.9. The third-order valence-corrected chi connectivity index (χ3v) is 5.27. The van der Waals surface area contributed by atoms with E-state index in [0.29, 0.717) is 10.8 Å². The fourth-order valence-corrected chi connectivity index (χ4v) is 3.84. The highest BCUT2D eigenvalue weighted by molar-refractivity contribution is 7.14. The summed E-state index contributed by atoms with van der Waals surface area (Å²) >= 11 is 1.20. The van der Waals surface area contributed by atoms with E-state index in [1.165, 1.54) is 16.9 Å². The minimum Gasteiger partial charge on any atom is -0.444 e. The monoisotopic (exact) mass is 416 g/mol. The number of likely N-dealkylation sites (tertiary alicyclic amines) is 1. The van der Waals surface area contributed by atoms with Crippen LogP contribution in [0.2, 0.25) is 0 Å². The Bertz CT molecular complexity index is 824. The molecular weight excluding hydrogens is 388 g/mol. The molecule has 1 saturated heterocycles. The van der Waals surface area contributed by atoms with Gasteiger partial charge in [-0.1, -0.05) is 30.3 Å². The Hall–Kier alpha value is -2.45. The topological polar surface area (TPSA) is 83.6 Å². The van der Waals surface area contributed by atoms with Gasteiger partial charge in [0.15, 0.2) is 5.13 Å². The van der Waals surface area contributed by atoms with Gasteiger partial charge in [0.25, 0.3) is 5.91 Å². The summed E-state index contributed by atoms with van der Waals surface area (Å²) in [5, 5.41) is 7.62. The molecule has 1 aliphatic rings. The maximum atomic E-state index is 12.5. The molecule has 3 rings (SSSR count). The Labute approximate surface area is 175 Å². The van der Waals surface area contributed by atoms with Crippen molar-refractivity contribution in [3.05, 3.63) is 47.0 Å². The Morgan fingerprint density at radius 1 is 1.21 bits per heavy atom. The number of carbonyl (C=O) groups is 2. The molecule has 8 heteroatoms. The van der Waals surface area contributed by atoms with Gasteiger partial charge in [-0.25, -0.2) is 9.78 Å². The Morgan fingerprint density at radius 2 is 1.90 bits per heavy atom. The molecule has 2 heterocycles. The van der Waals surface area contributed by atoms with Gasteiger partial charge in [-0.05, 0) is 39.2 Å². The molecule has 2 N–H and O–H groups in total. The van der Waals surface area contributed by atoms with Crippen molar-refractivity contribution in [1.82, 2.24) is 15.2 Å². The maximum Gasteiger partial charge on any atom is 0.413 e. The van der Waals surface area contributed by atoms with Gasteiger partial charge in [0.2, 0.25) is 0 Å². The molecule has 1 aromatic carbocycles. The van der Waals surface area contributed by atoms with Crippen LogP contribution >= 0.6 is 11.3 Å². The van der Waals surface area contributed by atoms with E-state index >= 15 is 0 Å². The predicted octanol–water partition coefficient (Wildman–Crippen LogP) is 3.88. The summed E-state index contributed by atoms with van der Waals surface area (Å²) in [6.45, 7) is 8.20. The zero-order chi connectivity index (χ0) is 20.9. The Kier molecular flexibility index (Phi) is 6.87. The summed E-state index contributed by atoms with van der Waals surface area (Å²) in [5.41, 5.74) is 1.03. The average Bonchev–Trinajstić information content (AvgIpc) is 3.11. The van der Waals surface area contributed by atoms with Gasteiger partial charge >= 0.3 is 6.09 Å². The first kappa shape index (κ1) is 21.3. The number of anilines is 1. The molecule has 0 atom stereocenters. The molecule has 7 nitrogen and oxygen atoms in total. The van der Waals surface area contributed by atoms with Crippen LogP contribution in [0.3, 0.4) is 0 Å². The number of carbonyl (C=O) groups excluding carboxylic acids is 2. The van der Waals surface area contributed by atoms with Crippen LogP contribution in [0.1, 0.15) is 49.7 Å². The summed E-state index contributed by atoms with van der Waals surface area (Å²) < 4.78 is 5.20. The fraction of sp³-hybridized carbons (Fsp3) is 0.476.